The molecule has 0 bridgehead atoms. The lowest BCUT2D eigenvalue weighted by Crippen LogP contribution is -2.46. The maximum absolute atomic E-state index is 14.9. The maximum Gasteiger partial charge on any atom is 0.431 e. The average molecular weight is 513 g/mol. The van der Waals surface area contributed by atoms with Gasteiger partial charge in [-0.05, 0) is 49.8 Å². The lowest BCUT2D eigenvalue weighted by Gasteiger charge is -2.35. The van der Waals surface area contributed by atoms with Crippen molar-refractivity contribution in [2.45, 2.75) is 35.9 Å². The number of nitrogens with zero attached hydrogens (tertiary/aromatic N) is 2. The highest BCUT2D eigenvalue weighted by molar-refractivity contribution is 7.99. The third-order valence-corrected chi connectivity index (χ3v) is 6.57. The van der Waals surface area contributed by atoms with E-state index < -0.39 is 23.7 Å². The van der Waals surface area contributed by atoms with Crippen LogP contribution in [0.1, 0.15) is 13.8 Å². The minimum Gasteiger partial charge on any atom is -0.485 e. The van der Waals surface area contributed by atoms with Gasteiger partial charge in [-0.2, -0.15) is 13.2 Å². The first-order chi connectivity index (χ1) is 15.8. The minimum atomic E-state index is -4.77. The second kappa shape index (κ2) is 9.76. The van der Waals surface area contributed by atoms with E-state index >= 15 is 0 Å². The van der Waals surface area contributed by atoms with Crippen molar-refractivity contribution < 1.29 is 27.1 Å². The topological polar surface area (TPSA) is 32.8 Å². The Morgan fingerprint density at radius 2 is 1.85 bits per heavy atom. The van der Waals surface area contributed by atoms with Gasteiger partial charge in [-0.15, -0.1) is 0 Å². The molecule has 2 aromatic rings. The van der Waals surface area contributed by atoms with Crippen LogP contribution in [0.3, 0.4) is 0 Å². The standard InChI is InChI=1S/C24H21ClF4N2O2S/c1-13(2)15(4)33-19-8-6-7-9-20(19)34-21-12-18(17(26)11-16(21)25)31-14(3)10-22(24(27,28)29)30(5)23(31)32/h6-12,15H,1,3H2,2,4-5H3. The predicted molar refractivity (Wildman–Crippen MR) is 126 cm³/mol. The number of halogens is 5. The molecule has 0 saturated carbocycles. The third kappa shape index (κ3) is 5.26. The number of hydrogen-bond donors (Lipinski definition) is 0. The molecule has 0 fully saturated rings. The van der Waals surface area contributed by atoms with Crippen LogP contribution in [0.4, 0.5) is 28.0 Å². The molecule has 0 aliphatic carbocycles. The lowest BCUT2D eigenvalue weighted by atomic mass is 10.2. The van der Waals surface area contributed by atoms with E-state index in [9.17, 15) is 22.4 Å². The summed E-state index contributed by atoms with van der Waals surface area (Å²) in [6, 6.07) is 8.31. The summed E-state index contributed by atoms with van der Waals surface area (Å²) in [5, 5.41) is 0.0592. The molecule has 10 heteroatoms. The maximum atomic E-state index is 14.9. The molecule has 180 valence electrons. The molecule has 4 nitrogen and oxygen atoms in total. The summed E-state index contributed by atoms with van der Waals surface area (Å²) in [5.74, 6) is -0.345. The van der Waals surface area contributed by atoms with E-state index in [1.807, 2.05) is 13.8 Å². The Labute approximate surface area is 204 Å². The number of benzene rings is 2. The van der Waals surface area contributed by atoms with Gasteiger partial charge < -0.3 is 4.74 Å². The van der Waals surface area contributed by atoms with Crippen molar-refractivity contribution >= 4 is 35.1 Å². The number of carbonyl (C=O) groups excluding carboxylic acids is 1. The van der Waals surface area contributed by atoms with Gasteiger partial charge in [0.2, 0.25) is 0 Å². The molecule has 0 radical (unpaired) electrons. The summed E-state index contributed by atoms with van der Waals surface area (Å²) in [4.78, 5) is 15.0. The molecule has 3 rings (SSSR count). The fraction of sp³-hybridized carbons (Fsp3) is 0.208. The molecule has 1 atom stereocenters. The fourth-order valence-electron chi connectivity index (χ4n) is 3.03. The van der Waals surface area contributed by atoms with Gasteiger partial charge in [0.05, 0.1) is 15.6 Å². The SMILES string of the molecule is C=C(C)C(C)Oc1ccccc1Sc1cc(N2C(=C)C=C(C(F)(F)F)N(C)C2=O)c(F)cc1Cl. The van der Waals surface area contributed by atoms with Crippen LogP contribution in [-0.2, 0) is 0 Å². The Hall–Kier alpha value is -2.91. The molecule has 0 N–H and O–H groups in total. The van der Waals surface area contributed by atoms with E-state index in [4.69, 9.17) is 16.3 Å². The third-order valence-electron chi connectivity index (χ3n) is 5.03. The van der Waals surface area contributed by atoms with Crippen molar-refractivity contribution in [3.05, 3.63) is 83.4 Å². The molecule has 0 saturated heterocycles. The fourth-order valence-corrected chi connectivity index (χ4v) is 4.23. The van der Waals surface area contributed by atoms with Crippen LogP contribution in [-0.4, -0.2) is 30.3 Å². The van der Waals surface area contributed by atoms with Gasteiger partial charge >= 0.3 is 12.2 Å². The zero-order chi connectivity index (χ0) is 25.4. The first kappa shape index (κ1) is 25.7. The zero-order valence-electron chi connectivity index (χ0n) is 18.5. The summed E-state index contributed by atoms with van der Waals surface area (Å²) < 4.78 is 60.6. The van der Waals surface area contributed by atoms with Crippen molar-refractivity contribution in [3.63, 3.8) is 0 Å². The van der Waals surface area contributed by atoms with Gasteiger partial charge in [0, 0.05) is 17.6 Å². The molecule has 1 aliphatic heterocycles. The number of alkyl halides is 3. The zero-order valence-corrected chi connectivity index (χ0v) is 20.1. The molecule has 2 amide bonds. The number of anilines is 1. The van der Waals surface area contributed by atoms with Crippen molar-refractivity contribution in [1.29, 1.82) is 0 Å². The summed E-state index contributed by atoms with van der Waals surface area (Å²) in [6.07, 6.45) is -4.35. The second-order valence-electron chi connectivity index (χ2n) is 7.58. The smallest absolute Gasteiger partial charge is 0.431 e. The van der Waals surface area contributed by atoms with Crippen LogP contribution in [0.2, 0.25) is 5.02 Å². The molecular formula is C24H21ClF4N2O2S. The van der Waals surface area contributed by atoms with Crippen molar-refractivity contribution in [3.8, 4) is 5.75 Å². The van der Waals surface area contributed by atoms with Crippen LogP contribution in [0.25, 0.3) is 0 Å². The number of ether oxygens (including phenoxy) is 1. The highest BCUT2D eigenvalue weighted by atomic mass is 35.5. The van der Waals surface area contributed by atoms with Gasteiger partial charge in [-0.3, -0.25) is 9.80 Å². The van der Waals surface area contributed by atoms with Crippen LogP contribution in [0.5, 0.6) is 5.75 Å². The number of rotatable bonds is 6. The Morgan fingerprint density at radius 1 is 1.21 bits per heavy atom. The highest BCUT2D eigenvalue weighted by Crippen LogP contribution is 2.43. The number of hydrogen-bond acceptors (Lipinski definition) is 3. The van der Waals surface area contributed by atoms with Gasteiger partial charge in [0.1, 0.15) is 23.4 Å². The molecule has 1 heterocycles. The van der Waals surface area contributed by atoms with Gasteiger partial charge in [-0.25, -0.2) is 9.18 Å². The number of para-hydroxylation sites is 1. The highest BCUT2D eigenvalue weighted by Gasteiger charge is 2.43. The van der Waals surface area contributed by atoms with Crippen LogP contribution in [0, 0.1) is 5.82 Å². The number of allylic oxidation sites excluding steroid dienone is 2. The van der Waals surface area contributed by atoms with Gasteiger partial charge in [-0.1, -0.05) is 48.7 Å². The number of urea groups is 1. The normalized spacial score (nSPS) is 15.4. The molecule has 34 heavy (non-hydrogen) atoms. The van der Waals surface area contributed by atoms with E-state index in [0.29, 0.717) is 26.5 Å². The first-order valence-corrected chi connectivity index (χ1v) is 11.1. The van der Waals surface area contributed by atoms with Crippen molar-refractivity contribution in [2.24, 2.45) is 0 Å². The van der Waals surface area contributed by atoms with E-state index in [2.05, 4.69) is 13.2 Å². The predicted octanol–water partition coefficient (Wildman–Crippen LogP) is 7.81. The summed E-state index contributed by atoms with van der Waals surface area (Å²) in [5.41, 5.74) is -0.980. The van der Waals surface area contributed by atoms with Crippen LogP contribution < -0.4 is 9.64 Å². The number of amides is 2. The molecule has 2 aromatic carbocycles. The minimum absolute atomic E-state index is 0.0592. The molecule has 1 aliphatic rings. The Kier molecular flexibility index (Phi) is 7.38. The van der Waals surface area contributed by atoms with Crippen molar-refractivity contribution in [1.82, 2.24) is 4.90 Å². The second-order valence-corrected chi connectivity index (χ2v) is 9.08. The Morgan fingerprint density at radius 3 is 2.47 bits per heavy atom. The van der Waals surface area contributed by atoms with Crippen LogP contribution >= 0.6 is 23.4 Å². The van der Waals surface area contributed by atoms with E-state index in [-0.39, 0.29) is 22.5 Å². The Bertz CT molecular complexity index is 1200. The lowest BCUT2D eigenvalue weighted by molar-refractivity contribution is -0.106. The van der Waals surface area contributed by atoms with E-state index in [1.54, 1.807) is 24.3 Å². The van der Waals surface area contributed by atoms with Gasteiger partial charge in [0.15, 0.2) is 0 Å². The van der Waals surface area contributed by atoms with E-state index in [1.165, 1.54) is 6.07 Å². The van der Waals surface area contributed by atoms with Gasteiger partial charge in [0.25, 0.3) is 0 Å². The molecule has 1 unspecified atom stereocenters. The average Bonchev–Trinajstić information content (AvgIpc) is 2.74. The summed E-state index contributed by atoms with van der Waals surface area (Å²) >= 11 is 7.43. The Balaban J connectivity index is 2.01. The quantitative estimate of drug-likeness (QED) is 0.292. The van der Waals surface area contributed by atoms with E-state index in [0.717, 1.165) is 35.3 Å². The van der Waals surface area contributed by atoms with Crippen LogP contribution in [0.15, 0.2) is 82.4 Å². The molecule has 0 aromatic heterocycles. The molecular weight excluding hydrogens is 492 g/mol. The summed E-state index contributed by atoms with van der Waals surface area (Å²) in [6.45, 7) is 11.1. The summed E-state index contributed by atoms with van der Waals surface area (Å²) in [7, 11) is 0.959. The monoisotopic (exact) mass is 512 g/mol. The number of carbonyl (C=O) groups is 1. The first-order valence-electron chi connectivity index (χ1n) is 9.94. The molecule has 0 spiro atoms. The van der Waals surface area contributed by atoms with Crippen molar-refractivity contribution in [2.75, 3.05) is 11.9 Å². The largest absolute Gasteiger partial charge is 0.485 e.